The Bertz CT molecular complexity index is 50.0. The fraction of sp³-hybridized carbons (Fsp3) is 1.00. The first-order valence-corrected chi connectivity index (χ1v) is 2.74. The molecule has 1 nitrogen and oxygen atoms in total. The van der Waals surface area contributed by atoms with Gasteiger partial charge >= 0.3 is 0 Å². The van der Waals surface area contributed by atoms with E-state index >= 15 is 0 Å². The molecule has 0 aromatic rings. The second kappa shape index (κ2) is 2.26. The van der Waals surface area contributed by atoms with Crippen LogP contribution in [-0.4, -0.2) is 19.3 Å². The van der Waals surface area contributed by atoms with Crippen molar-refractivity contribution in [1.82, 2.24) is 5.32 Å². The van der Waals surface area contributed by atoms with Crippen LogP contribution in [0.15, 0.2) is 0 Å². The normalized spacial score (nSPS) is 33.0. The number of piperidine rings is 1. The van der Waals surface area contributed by atoms with E-state index in [-0.39, 0.29) is 0 Å². The highest BCUT2D eigenvalue weighted by Gasteiger charge is 2.08. The number of hydrogen-bond donors (Lipinski definition) is 1. The lowest BCUT2D eigenvalue weighted by molar-refractivity contribution is 0.266. The van der Waals surface area contributed by atoms with Crippen molar-refractivity contribution in [3.05, 3.63) is 0 Å². The van der Waals surface area contributed by atoms with E-state index in [0.717, 1.165) is 19.4 Å². The van der Waals surface area contributed by atoms with Crippen LogP contribution in [0, 0.1) is 0 Å². The molecule has 0 aromatic heterocycles. The van der Waals surface area contributed by atoms with Gasteiger partial charge in [0.25, 0.3) is 0 Å². The summed E-state index contributed by atoms with van der Waals surface area (Å²) >= 11 is 0. The summed E-state index contributed by atoms with van der Waals surface area (Å²) in [6, 6.07) is 0. The third-order valence-corrected chi connectivity index (χ3v) is 1.24. The summed E-state index contributed by atoms with van der Waals surface area (Å²) in [6.07, 6.45) is 1.18. The fourth-order valence-electron chi connectivity index (χ4n) is 0.809. The first-order valence-electron chi connectivity index (χ1n) is 2.74. The molecule has 1 heterocycles. The van der Waals surface area contributed by atoms with Crippen LogP contribution in [-0.2, 0) is 0 Å². The van der Waals surface area contributed by atoms with Gasteiger partial charge in [0.1, 0.15) is 6.17 Å². The topological polar surface area (TPSA) is 12.0 Å². The largest absolute Gasteiger partial charge is 0.314 e. The lowest BCUT2D eigenvalue weighted by Crippen LogP contribution is -2.30. The minimum absolute atomic E-state index is 0.569. The van der Waals surface area contributed by atoms with E-state index in [0.29, 0.717) is 6.54 Å². The number of hydrogen-bond acceptors (Lipinski definition) is 1. The van der Waals surface area contributed by atoms with Crippen LogP contribution in [0.2, 0.25) is 0 Å². The molecule has 1 saturated heterocycles. The number of alkyl halides is 1. The zero-order valence-corrected chi connectivity index (χ0v) is 4.28. The molecule has 42 valence electrons. The van der Waals surface area contributed by atoms with Gasteiger partial charge in [-0.3, -0.25) is 0 Å². The average Bonchev–Trinajstić information content (AvgIpc) is 1.69. The molecule has 1 aliphatic heterocycles. The molecule has 0 spiro atoms. The van der Waals surface area contributed by atoms with Gasteiger partial charge in [-0.2, -0.15) is 0 Å². The van der Waals surface area contributed by atoms with Gasteiger partial charge in [0.2, 0.25) is 0 Å². The molecule has 1 aliphatic rings. The van der Waals surface area contributed by atoms with Crippen LogP contribution in [0.4, 0.5) is 4.39 Å². The Labute approximate surface area is 42.9 Å². The molecule has 1 atom stereocenters. The highest BCUT2D eigenvalue weighted by atomic mass is 19.1. The summed E-state index contributed by atoms with van der Waals surface area (Å²) in [4.78, 5) is 0. The predicted molar refractivity (Wildman–Crippen MR) is 27.0 cm³/mol. The molecule has 7 heavy (non-hydrogen) atoms. The summed E-state index contributed by atoms with van der Waals surface area (Å²) in [5, 5.41) is 2.96. The molecular formula is C5H10FN. The zero-order chi connectivity index (χ0) is 5.11. The monoisotopic (exact) mass is 103 g/mol. The first-order chi connectivity index (χ1) is 3.39. The maximum Gasteiger partial charge on any atom is 0.113 e. The summed E-state index contributed by atoms with van der Waals surface area (Å²) in [6.45, 7) is 1.57. The van der Waals surface area contributed by atoms with Gasteiger partial charge in [0.05, 0.1) is 0 Å². The number of rotatable bonds is 0. The summed E-state index contributed by atoms with van der Waals surface area (Å²) in [5.41, 5.74) is 0. The predicted octanol–water partition coefficient (Wildman–Crippen LogP) is 0.708. The lowest BCUT2D eigenvalue weighted by Gasteiger charge is -2.14. The molecule has 0 aromatic carbocycles. The van der Waals surface area contributed by atoms with Gasteiger partial charge in [-0.05, 0) is 19.4 Å². The van der Waals surface area contributed by atoms with Crippen LogP contribution in [0.25, 0.3) is 0 Å². The lowest BCUT2D eigenvalue weighted by atomic mass is 10.1. The van der Waals surface area contributed by atoms with E-state index in [1.54, 1.807) is 0 Å². The van der Waals surface area contributed by atoms with Crippen LogP contribution in [0.3, 0.4) is 0 Å². The van der Waals surface area contributed by atoms with E-state index in [9.17, 15) is 4.39 Å². The van der Waals surface area contributed by atoms with Gasteiger partial charge in [-0.1, -0.05) is 0 Å². The number of nitrogens with one attached hydrogen (secondary N) is 1. The van der Waals surface area contributed by atoms with Crippen molar-refractivity contribution in [1.29, 1.82) is 0 Å². The zero-order valence-electron chi connectivity index (χ0n) is 4.28. The van der Waals surface area contributed by atoms with Crippen LogP contribution in [0.5, 0.6) is 0 Å². The molecule has 0 aliphatic carbocycles. The second-order valence-corrected chi connectivity index (χ2v) is 1.94. The fourth-order valence-corrected chi connectivity index (χ4v) is 0.809. The van der Waals surface area contributed by atoms with Gasteiger partial charge in [0, 0.05) is 6.54 Å². The molecular weight excluding hydrogens is 93.1 g/mol. The van der Waals surface area contributed by atoms with E-state index in [1.165, 1.54) is 0 Å². The highest BCUT2D eigenvalue weighted by Crippen LogP contribution is 2.03. The van der Waals surface area contributed by atoms with Crippen LogP contribution < -0.4 is 5.32 Å². The van der Waals surface area contributed by atoms with Crippen molar-refractivity contribution in [2.45, 2.75) is 19.0 Å². The van der Waals surface area contributed by atoms with Gasteiger partial charge in [-0.15, -0.1) is 0 Å². The van der Waals surface area contributed by atoms with Crippen molar-refractivity contribution < 1.29 is 4.39 Å². The smallest absolute Gasteiger partial charge is 0.113 e. The molecule has 0 unspecified atom stereocenters. The minimum Gasteiger partial charge on any atom is -0.314 e. The third kappa shape index (κ3) is 1.43. The maximum atomic E-state index is 12.1. The molecule has 2 heteroatoms. The van der Waals surface area contributed by atoms with Gasteiger partial charge < -0.3 is 5.32 Å². The Morgan fingerprint density at radius 1 is 1.57 bits per heavy atom. The molecule has 0 saturated carbocycles. The summed E-state index contributed by atoms with van der Waals surface area (Å²) < 4.78 is 12.1. The van der Waals surface area contributed by atoms with E-state index < -0.39 is 6.17 Å². The van der Waals surface area contributed by atoms with Crippen molar-refractivity contribution in [3.63, 3.8) is 0 Å². The average molecular weight is 103 g/mol. The van der Waals surface area contributed by atoms with Crippen molar-refractivity contribution in [2.75, 3.05) is 13.1 Å². The Balaban J connectivity index is 2.12. The molecule has 1 N–H and O–H groups in total. The van der Waals surface area contributed by atoms with Crippen molar-refractivity contribution in [3.8, 4) is 0 Å². The minimum atomic E-state index is -0.575. The van der Waals surface area contributed by atoms with E-state index in [1.807, 2.05) is 0 Å². The molecule has 0 radical (unpaired) electrons. The van der Waals surface area contributed by atoms with Crippen molar-refractivity contribution >= 4 is 0 Å². The Morgan fingerprint density at radius 2 is 2.43 bits per heavy atom. The SMILES string of the molecule is F[C@@H]1CCCNC1. The Hall–Kier alpha value is -0.110. The molecule has 0 amide bonds. The molecule has 1 rings (SSSR count). The Kier molecular flexibility index (Phi) is 1.63. The summed E-state index contributed by atoms with van der Waals surface area (Å²) in [7, 11) is 0. The highest BCUT2D eigenvalue weighted by molar-refractivity contribution is 4.66. The second-order valence-electron chi connectivity index (χ2n) is 1.94. The van der Waals surface area contributed by atoms with Crippen LogP contribution >= 0.6 is 0 Å². The third-order valence-electron chi connectivity index (χ3n) is 1.24. The van der Waals surface area contributed by atoms with E-state index in [4.69, 9.17) is 0 Å². The quantitative estimate of drug-likeness (QED) is 0.476. The van der Waals surface area contributed by atoms with Crippen LogP contribution in [0.1, 0.15) is 12.8 Å². The molecule has 0 bridgehead atoms. The van der Waals surface area contributed by atoms with Gasteiger partial charge in [0.15, 0.2) is 0 Å². The van der Waals surface area contributed by atoms with E-state index in [2.05, 4.69) is 5.32 Å². The van der Waals surface area contributed by atoms with Gasteiger partial charge in [-0.25, -0.2) is 4.39 Å². The summed E-state index contributed by atoms with van der Waals surface area (Å²) in [5.74, 6) is 0. The Morgan fingerprint density at radius 3 is 2.71 bits per heavy atom. The standard InChI is InChI=1S/C5H10FN/c6-5-2-1-3-7-4-5/h5,7H,1-4H2/t5-/m1/s1. The van der Waals surface area contributed by atoms with Crippen molar-refractivity contribution in [2.24, 2.45) is 0 Å². The maximum absolute atomic E-state index is 12.1. The molecule has 1 fully saturated rings. The number of halogens is 1. The first kappa shape index (κ1) is 5.04.